The summed E-state index contributed by atoms with van der Waals surface area (Å²) in [6.07, 6.45) is -20.5. The van der Waals surface area contributed by atoms with Crippen molar-refractivity contribution in [2.75, 3.05) is 19.8 Å². The van der Waals surface area contributed by atoms with Crippen LogP contribution in [0.2, 0.25) is 0 Å². The first-order valence-electron chi connectivity index (χ1n) is 13.8. The van der Waals surface area contributed by atoms with Crippen LogP contribution in [0.5, 0.6) is 0 Å². The zero-order valence-corrected chi connectivity index (χ0v) is 22.7. The molecule has 0 spiro atoms. The molecule has 0 aromatic carbocycles. The Morgan fingerprint density at radius 2 is 1.00 bits per heavy atom. The Morgan fingerprint density at radius 1 is 0.524 bits per heavy atom. The number of ether oxygens (including phenoxy) is 6. The third-order valence-electron chi connectivity index (χ3n) is 8.32. The van der Waals surface area contributed by atoms with Gasteiger partial charge in [0.1, 0.15) is 67.1 Å². The minimum Gasteiger partial charge on any atom is -0.394 e. The van der Waals surface area contributed by atoms with Gasteiger partial charge in [0, 0.05) is 18.6 Å². The van der Waals surface area contributed by atoms with Gasteiger partial charge < -0.3 is 97.9 Å². The SMILES string of the molecule is NC[C@@H]1O[C@H](O[C@@H]2[C@@H](CO)OC(O[C@@H]3[C@@H](O)[C@H](N)C[C@H](N)[C@H]3OC3O[C@H](CO)[C@@H](O)[C@H](O)[C@H]3N)[C@@H]2O)[C@H](N)[C@@H](O)[C@@H]1O. The van der Waals surface area contributed by atoms with E-state index >= 15 is 0 Å². The fourth-order valence-electron chi connectivity index (χ4n) is 5.70. The maximum absolute atomic E-state index is 11.1. The van der Waals surface area contributed by atoms with Gasteiger partial charge >= 0.3 is 0 Å². The molecular weight excluding hydrogens is 570 g/mol. The highest BCUT2D eigenvalue weighted by atomic mass is 16.8. The maximum atomic E-state index is 11.1. The van der Waals surface area contributed by atoms with Crippen molar-refractivity contribution in [1.82, 2.24) is 0 Å². The van der Waals surface area contributed by atoms with Crippen LogP contribution in [0.4, 0.5) is 0 Å². The van der Waals surface area contributed by atoms with Crippen LogP contribution in [0.3, 0.4) is 0 Å². The van der Waals surface area contributed by atoms with Crippen molar-refractivity contribution in [2.24, 2.45) is 28.7 Å². The molecule has 0 amide bonds. The molecule has 1 saturated carbocycles. The quantitative estimate of drug-likeness (QED) is 0.114. The van der Waals surface area contributed by atoms with Gasteiger partial charge in [0.25, 0.3) is 0 Å². The average molecular weight is 616 g/mol. The van der Waals surface area contributed by atoms with E-state index in [1.54, 1.807) is 0 Å². The molecule has 0 aromatic rings. The van der Waals surface area contributed by atoms with E-state index in [1.807, 2.05) is 0 Å². The molecule has 4 rings (SSSR count). The highest BCUT2D eigenvalue weighted by Crippen LogP contribution is 2.34. The molecule has 42 heavy (non-hydrogen) atoms. The van der Waals surface area contributed by atoms with Crippen LogP contribution in [0.1, 0.15) is 6.42 Å². The van der Waals surface area contributed by atoms with Crippen molar-refractivity contribution in [1.29, 1.82) is 0 Å². The van der Waals surface area contributed by atoms with Crippen LogP contribution in [0.25, 0.3) is 0 Å². The normalized spacial score (nSPS) is 53.8. The molecule has 19 heteroatoms. The monoisotopic (exact) mass is 615 g/mol. The number of nitrogens with two attached hydrogens (primary N) is 5. The lowest BCUT2D eigenvalue weighted by atomic mass is 9.84. The van der Waals surface area contributed by atoms with E-state index < -0.39 is 129 Å². The van der Waals surface area contributed by atoms with Gasteiger partial charge in [-0.05, 0) is 6.42 Å². The van der Waals surface area contributed by atoms with Gasteiger partial charge in [-0.3, -0.25) is 0 Å². The summed E-state index contributed by atoms with van der Waals surface area (Å²) in [6.45, 7) is -1.49. The van der Waals surface area contributed by atoms with Crippen LogP contribution in [0.15, 0.2) is 0 Å². The Bertz CT molecular complexity index is 866. The van der Waals surface area contributed by atoms with Crippen LogP contribution in [0, 0.1) is 0 Å². The van der Waals surface area contributed by atoms with Crippen LogP contribution in [-0.2, 0) is 28.4 Å². The lowest BCUT2D eigenvalue weighted by Crippen LogP contribution is -2.68. The lowest BCUT2D eigenvalue weighted by Gasteiger charge is -2.47. The molecule has 4 aliphatic rings. The van der Waals surface area contributed by atoms with Gasteiger partial charge in [0.05, 0.1) is 31.4 Å². The molecule has 19 nitrogen and oxygen atoms in total. The van der Waals surface area contributed by atoms with E-state index in [-0.39, 0.29) is 13.0 Å². The zero-order chi connectivity index (χ0) is 31.0. The summed E-state index contributed by atoms with van der Waals surface area (Å²) < 4.78 is 34.4. The predicted octanol–water partition coefficient (Wildman–Crippen LogP) is -8.86. The standard InChI is InChI=1S/C23H45N5O14/c24-2-7-13(32)15(34)10(27)21(37-7)41-19-9(4-30)39-23(17(19)36)42-20-12(31)5(25)1-6(26)18(20)40-22-11(28)16(35)14(33)8(3-29)38-22/h5-23,29-36H,1-4,24-28H2/t5-,6+,7+,8-,9-,10-,11-,12+,13-,14-,15-,16-,17-,18-,19-,20-,21-,22?,23?/m1/s1. The largest absolute Gasteiger partial charge is 0.394 e. The first kappa shape index (κ1) is 34.1. The highest BCUT2D eigenvalue weighted by molar-refractivity contribution is 5.02. The average Bonchev–Trinajstić information content (AvgIpc) is 3.27. The summed E-state index contributed by atoms with van der Waals surface area (Å²) in [5, 5.41) is 82.3. The summed E-state index contributed by atoms with van der Waals surface area (Å²) in [6, 6.07) is -4.30. The Hall–Kier alpha value is -0.760. The number of aliphatic hydroxyl groups is 8. The number of hydrogen-bond donors (Lipinski definition) is 13. The van der Waals surface area contributed by atoms with Gasteiger partial charge in [-0.15, -0.1) is 0 Å². The van der Waals surface area contributed by atoms with Crippen molar-refractivity contribution in [3.05, 3.63) is 0 Å². The van der Waals surface area contributed by atoms with Crippen LogP contribution < -0.4 is 28.7 Å². The summed E-state index contributed by atoms with van der Waals surface area (Å²) in [4.78, 5) is 0. The second kappa shape index (κ2) is 14.1. The number of aliphatic hydroxyl groups excluding tert-OH is 8. The summed E-state index contributed by atoms with van der Waals surface area (Å²) in [7, 11) is 0. The molecule has 3 aliphatic heterocycles. The number of hydrogen-bond acceptors (Lipinski definition) is 19. The fraction of sp³-hybridized carbons (Fsp3) is 1.00. The third kappa shape index (κ3) is 6.60. The molecule has 1 aliphatic carbocycles. The lowest BCUT2D eigenvalue weighted by molar-refractivity contribution is -0.310. The zero-order valence-electron chi connectivity index (χ0n) is 22.7. The molecule has 0 bridgehead atoms. The molecule has 0 aromatic heterocycles. The molecule has 3 saturated heterocycles. The molecule has 19 atom stereocenters. The van der Waals surface area contributed by atoms with Crippen molar-refractivity contribution >= 4 is 0 Å². The maximum Gasteiger partial charge on any atom is 0.187 e. The minimum atomic E-state index is -1.62. The molecule has 3 heterocycles. The topological polar surface area (TPSA) is 347 Å². The Kier molecular flexibility index (Phi) is 11.5. The van der Waals surface area contributed by atoms with E-state index in [0.29, 0.717) is 0 Å². The van der Waals surface area contributed by atoms with E-state index in [1.165, 1.54) is 0 Å². The van der Waals surface area contributed by atoms with Crippen molar-refractivity contribution in [2.45, 2.75) is 123 Å². The first-order chi connectivity index (χ1) is 19.8. The van der Waals surface area contributed by atoms with Crippen LogP contribution in [-0.4, -0.2) is 177 Å². The van der Waals surface area contributed by atoms with Gasteiger partial charge in [-0.1, -0.05) is 0 Å². The molecular formula is C23H45N5O14. The molecule has 4 fully saturated rings. The minimum absolute atomic E-state index is 0.0642. The predicted molar refractivity (Wildman–Crippen MR) is 136 cm³/mol. The number of rotatable bonds is 9. The highest BCUT2D eigenvalue weighted by Gasteiger charge is 2.54. The van der Waals surface area contributed by atoms with E-state index in [2.05, 4.69) is 0 Å². The molecule has 18 N–H and O–H groups in total. The van der Waals surface area contributed by atoms with E-state index in [9.17, 15) is 40.9 Å². The Balaban J connectivity index is 1.50. The fourth-order valence-corrected chi connectivity index (χ4v) is 5.70. The van der Waals surface area contributed by atoms with Crippen molar-refractivity contribution < 1.29 is 69.3 Å². The molecule has 246 valence electrons. The van der Waals surface area contributed by atoms with E-state index in [0.717, 1.165) is 0 Å². The molecule has 0 radical (unpaired) electrons. The molecule has 2 unspecified atom stereocenters. The Morgan fingerprint density at radius 3 is 1.55 bits per heavy atom. The van der Waals surface area contributed by atoms with E-state index in [4.69, 9.17) is 57.1 Å². The van der Waals surface area contributed by atoms with Gasteiger partial charge in [0.15, 0.2) is 18.9 Å². The summed E-state index contributed by atoms with van der Waals surface area (Å²) in [5.74, 6) is 0. The summed E-state index contributed by atoms with van der Waals surface area (Å²) >= 11 is 0. The van der Waals surface area contributed by atoms with Crippen molar-refractivity contribution in [3.63, 3.8) is 0 Å². The smallest absolute Gasteiger partial charge is 0.187 e. The van der Waals surface area contributed by atoms with Crippen LogP contribution >= 0.6 is 0 Å². The third-order valence-corrected chi connectivity index (χ3v) is 8.32. The summed E-state index contributed by atoms with van der Waals surface area (Å²) in [5.41, 5.74) is 29.9. The second-order valence-electron chi connectivity index (χ2n) is 11.2. The van der Waals surface area contributed by atoms with Gasteiger partial charge in [-0.25, -0.2) is 0 Å². The first-order valence-corrected chi connectivity index (χ1v) is 13.8. The van der Waals surface area contributed by atoms with Gasteiger partial charge in [-0.2, -0.15) is 0 Å². The van der Waals surface area contributed by atoms with Gasteiger partial charge in [0.2, 0.25) is 0 Å². The van der Waals surface area contributed by atoms with Crippen molar-refractivity contribution in [3.8, 4) is 0 Å². The Labute approximate surface area is 240 Å². The second-order valence-corrected chi connectivity index (χ2v) is 11.2.